The van der Waals surface area contributed by atoms with E-state index in [0.29, 0.717) is 11.3 Å². The Morgan fingerprint density at radius 3 is 2.47 bits per heavy atom. The lowest BCUT2D eigenvalue weighted by Gasteiger charge is -2.33. The van der Waals surface area contributed by atoms with Crippen LogP contribution in [0, 0.1) is 6.92 Å². The molecule has 2 rings (SSSR count). The fourth-order valence-corrected chi connectivity index (χ4v) is 2.15. The van der Waals surface area contributed by atoms with Gasteiger partial charge in [0.1, 0.15) is 0 Å². The third kappa shape index (κ3) is 2.42. The molecule has 17 heavy (non-hydrogen) atoms. The molecule has 1 heterocycles. The largest absolute Gasteiger partial charge is 0.398 e. The van der Waals surface area contributed by atoms with Gasteiger partial charge in [-0.05, 0) is 25.6 Å². The van der Waals surface area contributed by atoms with Gasteiger partial charge in [0, 0.05) is 31.9 Å². The first-order valence-electron chi connectivity index (χ1n) is 5.92. The Morgan fingerprint density at radius 2 is 1.88 bits per heavy atom. The Kier molecular flexibility index (Phi) is 3.33. The molecule has 0 atom stereocenters. The highest BCUT2D eigenvalue weighted by Crippen LogP contribution is 2.19. The SMILES string of the molecule is Cc1cccc(N)c1C(=O)N1CCN(C)CC1. The Labute approximate surface area is 102 Å². The van der Waals surface area contributed by atoms with Crippen LogP contribution in [0.15, 0.2) is 18.2 Å². The highest BCUT2D eigenvalue weighted by atomic mass is 16.2. The van der Waals surface area contributed by atoms with E-state index in [0.717, 1.165) is 31.7 Å². The first-order valence-corrected chi connectivity index (χ1v) is 5.92. The summed E-state index contributed by atoms with van der Waals surface area (Å²) in [5, 5.41) is 0. The number of piperazine rings is 1. The van der Waals surface area contributed by atoms with Crippen molar-refractivity contribution in [3.05, 3.63) is 29.3 Å². The Morgan fingerprint density at radius 1 is 1.24 bits per heavy atom. The first kappa shape index (κ1) is 11.9. The molecule has 4 heteroatoms. The molecule has 0 unspecified atom stereocenters. The summed E-state index contributed by atoms with van der Waals surface area (Å²) in [7, 11) is 2.07. The number of carbonyl (C=O) groups excluding carboxylic acids is 1. The third-order valence-electron chi connectivity index (χ3n) is 3.31. The molecule has 0 aromatic heterocycles. The topological polar surface area (TPSA) is 49.6 Å². The second-order valence-electron chi connectivity index (χ2n) is 4.63. The molecule has 1 aliphatic rings. The zero-order valence-electron chi connectivity index (χ0n) is 10.4. The summed E-state index contributed by atoms with van der Waals surface area (Å²) < 4.78 is 0. The molecule has 4 nitrogen and oxygen atoms in total. The first-order chi connectivity index (χ1) is 8.09. The molecule has 1 aromatic rings. The molecule has 0 radical (unpaired) electrons. The van der Waals surface area contributed by atoms with Crippen molar-refractivity contribution in [2.75, 3.05) is 39.0 Å². The second-order valence-corrected chi connectivity index (χ2v) is 4.63. The Balaban J connectivity index is 2.20. The average molecular weight is 233 g/mol. The van der Waals surface area contributed by atoms with Gasteiger partial charge in [-0.2, -0.15) is 0 Å². The highest BCUT2D eigenvalue weighted by molar-refractivity contribution is 6.00. The number of amides is 1. The number of nitrogen functional groups attached to an aromatic ring is 1. The van der Waals surface area contributed by atoms with Crippen LogP contribution < -0.4 is 5.73 Å². The lowest BCUT2D eigenvalue weighted by Crippen LogP contribution is -2.47. The molecule has 1 fully saturated rings. The van der Waals surface area contributed by atoms with E-state index in [1.807, 2.05) is 24.0 Å². The molecular formula is C13H19N3O. The maximum atomic E-state index is 12.4. The normalized spacial score (nSPS) is 17.2. The zero-order valence-corrected chi connectivity index (χ0v) is 10.4. The molecule has 1 aromatic carbocycles. The van der Waals surface area contributed by atoms with Crippen LogP contribution in [0.1, 0.15) is 15.9 Å². The van der Waals surface area contributed by atoms with Gasteiger partial charge in [-0.15, -0.1) is 0 Å². The maximum absolute atomic E-state index is 12.4. The molecule has 1 amide bonds. The van der Waals surface area contributed by atoms with Crippen molar-refractivity contribution in [1.29, 1.82) is 0 Å². The number of aryl methyl sites for hydroxylation is 1. The summed E-state index contributed by atoms with van der Waals surface area (Å²) in [6.45, 7) is 5.35. The van der Waals surface area contributed by atoms with Crippen LogP contribution in [0.25, 0.3) is 0 Å². The minimum Gasteiger partial charge on any atom is -0.398 e. The maximum Gasteiger partial charge on any atom is 0.256 e. The molecule has 0 spiro atoms. The van der Waals surface area contributed by atoms with Gasteiger partial charge in [-0.1, -0.05) is 12.1 Å². The van der Waals surface area contributed by atoms with Crippen LogP contribution in [0.3, 0.4) is 0 Å². The van der Waals surface area contributed by atoms with E-state index in [4.69, 9.17) is 5.73 Å². The van der Waals surface area contributed by atoms with Crippen LogP contribution in [0.4, 0.5) is 5.69 Å². The molecule has 92 valence electrons. The number of rotatable bonds is 1. The Hall–Kier alpha value is -1.55. The molecular weight excluding hydrogens is 214 g/mol. The van der Waals surface area contributed by atoms with Crippen molar-refractivity contribution in [2.45, 2.75) is 6.92 Å². The van der Waals surface area contributed by atoms with Crippen molar-refractivity contribution in [3.8, 4) is 0 Å². The van der Waals surface area contributed by atoms with E-state index in [9.17, 15) is 4.79 Å². The van der Waals surface area contributed by atoms with E-state index >= 15 is 0 Å². The summed E-state index contributed by atoms with van der Waals surface area (Å²) in [5.41, 5.74) is 8.09. The Bertz CT molecular complexity index is 402. The lowest BCUT2D eigenvalue weighted by molar-refractivity contribution is 0.0664. The second kappa shape index (κ2) is 4.75. The van der Waals surface area contributed by atoms with E-state index in [2.05, 4.69) is 11.9 Å². The number of likely N-dealkylation sites (N-methyl/N-ethyl adjacent to an activating group) is 1. The van der Waals surface area contributed by atoms with E-state index < -0.39 is 0 Å². The van der Waals surface area contributed by atoms with Crippen molar-refractivity contribution in [2.24, 2.45) is 0 Å². The van der Waals surface area contributed by atoms with Crippen LogP contribution in [-0.2, 0) is 0 Å². The highest BCUT2D eigenvalue weighted by Gasteiger charge is 2.22. The van der Waals surface area contributed by atoms with Crippen LogP contribution in [-0.4, -0.2) is 48.9 Å². The van der Waals surface area contributed by atoms with E-state index in [1.54, 1.807) is 6.07 Å². The number of hydrogen-bond donors (Lipinski definition) is 1. The zero-order chi connectivity index (χ0) is 12.4. The summed E-state index contributed by atoms with van der Waals surface area (Å²) in [6.07, 6.45) is 0. The lowest BCUT2D eigenvalue weighted by atomic mass is 10.1. The number of benzene rings is 1. The molecule has 0 bridgehead atoms. The van der Waals surface area contributed by atoms with E-state index in [1.165, 1.54) is 0 Å². The minimum absolute atomic E-state index is 0.0636. The number of nitrogens with zero attached hydrogens (tertiary/aromatic N) is 2. The van der Waals surface area contributed by atoms with Gasteiger partial charge >= 0.3 is 0 Å². The summed E-state index contributed by atoms with van der Waals surface area (Å²) in [5.74, 6) is 0.0636. The van der Waals surface area contributed by atoms with Crippen LogP contribution in [0.2, 0.25) is 0 Å². The van der Waals surface area contributed by atoms with Crippen molar-refractivity contribution in [1.82, 2.24) is 9.80 Å². The van der Waals surface area contributed by atoms with E-state index in [-0.39, 0.29) is 5.91 Å². The number of hydrogen-bond acceptors (Lipinski definition) is 3. The number of anilines is 1. The van der Waals surface area contributed by atoms with Gasteiger partial charge < -0.3 is 15.5 Å². The molecule has 2 N–H and O–H groups in total. The summed E-state index contributed by atoms with van der Waals surface area (Å²) in [6, 6.07) is 5.60. The van der Waals surface area contributed by atoms with Crippen LogP contribution in [0.5, 0.6) is 0 Å². The fraction of sp³-hybridized carbons (Fsp3) is 0.462. The van der Waals surface area contributed by atoms with Gasteiger partial charge in [0.25, 0.3) is 5.91 Å². The standard InChI is InChI=1S/C13H19N3O/c1-10-4-3-5-11(14)12(10)13(17)16-8-6-15(2)7-9-16/h3-5H,6-9,14H2,1-2H3. The summed E-state index contributed by atoms with van der Waals surface area (Å²) >= 11 is 0. The van der Waals surface area contributed by atoms with Gasteiger partial charge in [-0.3, -0.25) is 4.79 Å². The minimum atomic E-state index is 0.0636. The predicted octanol–water partition coefficient (Wildman–Crippen LogP) is 0.965. The van der Waals surface area contributed by atoms with Crippen molar-refractivity contribution >= 4 is 11.6 Å². The fourth-order valence-electron chi connectivity index (χ4n) is 2.15. The monoisotopic (exact) mass is 233 g/mol. The number of nitrogens with two attached hydrogens (primary N) is 1. The molecule has 1 aliphatic heterocycles. The van der Waals surface area contributed by atoms with Gasteiger partial charge in [-0.25, -0.2) is 0 Å². The molecule has 0 saturated carbocycles. The van der Waals surface area contributed by atoms with Crippen molar-refractivity contribution in [3.63, 3.8) is 0 Å². The number of carbonyl (C=O) groups is 1. The third-order valence-corrected chi connectivity index (χ3v) is 3.31. The summed E-state index contributed by atoms with van der Waals surface area (Å²) in [4.78, 5) is 16.5. The quantitative estimate of drug-likeness (QED) is 0.735. The van der Waals surface area contributed by atoms with Crippen LogP contribution >= 0.6 is 0 Å². The molecule has 1 saturated heterocycles. The smallest absolute Gasteiger partial charge is 0.256 e. The van der Waals surface area contributed by atoms with Gasteiger partial charge in [0.2, 0.25) is 0 Å². The average Bonchev–Trinajstić information content (AvgIpc) is 2.29. The predicted molar refractivity (Wildman–Crippen MR) is 69.0 cm³/mol. The van der Waals surface area contributed by atoms with Crippen molar-refractivity contribution < 1.29 is 4.79 Å². The molecule has 0 aliphatic carbocycles. The van der Waals surface area contributed by atoms with Gasteiger partial charge in [0.05, 0.1) is 5.56 Å². The van der Waals surface area contributed by atoms with Gasteiger partial charge in [0.15, 0.2) is 0 Å².